The third kappa shape index (κ3) is 3.28. The molecule has 0 fully saturated rings. The van der Waals surface area contributed by atoms with Crippen LogP contribution in [0.4, 0.5) is 0 Å². The Bertz CT molecular complexity index is 893. The van der Waals surface area contributed by atoms with E-state index >= 15 is 0 Å². The maximum absolute atomic E-state index is 11.5. The normalized spacial score (nSPS) is 16.6. The SMILES string of the molecule is N#CC1=C(C(=O)O)C=C(c2ccc(-c3ccccc3)cc2)NC1NN. The fraction of sp³-hybridized carbons (Fsp3) is 0.0526. The second kappa shape index (κ2) is 7.01. The van der Waals surface area contributed by atoms with Crippen LogP contribution in [0.5, 0.6) is 0 Å². The number of carboxylic acid groups (broad SMARTS) is 1. The number of nitrogens with zero attached hydrogens (tertiary/aromatic N) is 1. The van der Waals surface area contributed by atoms with Gasteiger partial charge in [0.2, 0.25) is 0 Å². The summed E-state index contributed by atoms with van der Waals surface area (Å²) in [7, 11) is 0. The highest BCUT2D eigenvalue weighted by atomic mass is 16.4. The first-order chi connectivity index (χ1) is 12.1. The fourth-order valence-electron chi connectivity index (χ4n) is 2.71. The number of nitrogens with one attached hydrogen (secondary N) is 2. The summed E-state index contributed by atoms with van der Waals surface area (Å²) >= 11 is 0. The average Bonchev–Trinajstić information content (AvgIpc) is 2.67. The van der Waals surface area contributed by atoms with E-state index in [0.29, 0.717) is 5.70 Å². The number of carbonyl (C=O) groups is 1. The van der Waals surface area contributed by atoms with Crippen LogP contribution in [0.3, 0.4) is 0 Å². The van der Waals surface area contributed by atoms with E-state index in [9.17, 15) is 15.2 Å². The highest BCUT2D eigenvalue weighted by Gasteiger charge is 2.26. The Morgan fingerprint density at radius 1 is 1.08 bits per heavy atom. The number of carboxylic acids is 1. The van der Waals surface area contributed by atoms with E-state index < -0.39 is 12.1 Å². The van der Waals surface area contributed by atoms with Crippen molar-refractivity contribution in [2.24, 2.45) is 5.84 Å². The number of aliphatic carboxylic acids is 1. The third-order valence-corrected chi connectivity index (χ3v) is 3.99. The number of nitrogens with two attached hydrogens (primary N) is 1. The zero-order valence-corrected chi connectivity index (χ0v) is 13.2. The van der Waals surface area contributed by atoms with Crippen molar-refractivity contribution < 1.29 is 9.90 Å². The Balaban J connectivity index is 1.98. The lowest BCUT2D eigenvalue weighted by molar-refractivity contribution is -0.132. The third-order valence-electron chi connectivity index (χ3n) is 3.99. The molecule has 3 rings (SSSR count). The number of dihydropyridines is 1. The Morgan fingerprint density at radius 3 is 2.24 bits per heavy atom. The van der Waals surface area contributed by atoms with Crippen LogP contribution in [-0.4, -0.2) is 17.2 Å². The molecule has 0 saturated carbocycles. The lowest BCUT2D eigenvalue weighted by atomic mass is 9.97. The van der Waals surface area contributed by atoms with Gasteiger partial charge in [0.25, 0.3) is 0 Å². The molecule has 1 aliphatic heterocycles. The molecule has 1 heterocycles. The van der Waals surface area contributed by atoms with Crippen molar-refractivity contribution >= 4 is 11.7 Å². The summed E-state index contributed by atoms with van der Waals surface area (Å²) in [5.41, 5.74) is 5.93. The molecule has 0 spiro atoms. The minimum absolute atomic E-state index is 0.0413. The summed E-state index contributed by atoms with van der Waals surface area (Å²) in [4.78, 5) is 11.5. The van der Waals surface area contributed by atoms with Gasteiger partial charge in [0.15, 0.2) is 0 Å². The minimum atomic E-state index is -1.17. The Labute approximate surface area is 144 Å². The lowest BCUT2D eigenvalue weighted by Crippen LogP contribution is -2.48. The Morgan fingerprint density at radius 2 is 1.68 bits per heavy atom. The van der Waals surface area contributed by atoms with Crippen LogP contribution in [-0.2, 0) is 4.79 Å². The highest BCUT2D eigenvalue weighted by molar-refractivity contribution is 5.95. The smallest absolute Gasteiger partial charge is 0.336 e. The predicted molar refractivity (Wildman–Crippen MR) is 94.4 cm³/mol. The zero-order valence-electron chi connectivity index (χ0n) is 13.2. The van der Waals surface area contributed by atoms with Gasteiger partial charge in [-0.05, 0) is 22.8 Å². The molecular formula is C19H16N4O2. The van der Waals surface area contributed by atoms with E-state index in [1.165, 1.54) is 6.08 Å². The van der Waals surface area contributed by atoms with Gasteiger partial charge in [-0.3, -0.25) is 5.84 Å². The molecule has 2 aromatic rings. The van der Waals surface area contributed by atoms with Crippen molar-refractivity contribution in [3.63, 3.8) is 0 Å². The topological polar surface area (TPSA) is 111 Å². The standard InChI is InChI=1S/C19H16N4O2/c20-11-16-15(19(24)25)10-17(22-18(16)23-21)14-8-6-13(7-9-14)12-4-2-1-3-5-12/h1-10,18,22-23H,21H2,(H,24,25). The van der Waals surface area contributed by atoms with Gasteiger partial charge in [0.1, 0.15) is 6.17 Å². The molecule has 0 radical (unpaired) electrons. The first kappa shape index (κ1) is 16.5. The Kier molecular flexibility index (Phi) is 4.61. The molecule has 6 nitrogen and oxygen atoms in total. The molecule has 0 bridgehead atoms. The first-order valence-electron chi connectivity index (χ1n) is 7.62. The van der Waals surface area contributed by atoms with Gasteiger partial charge in [-0.15, -0.1) is 0 Å². The van der Waals surface area contributed by atoms with Crippen molar-refractivity contribution in [2.45, 2.75) is 6.17 Å². The summed E-state index contributed by atoms with van der Waals surface area (Å²) in [6, 6.07) is 19.5. The van der Waals surface area contributed by atoms with Crippen molar-refractivity contribution in [3.05, 3.63) is 77.4 Å². The van der Waals surface area contributed by atoms with E-state index in [-0.39, 0.29) is 11.1 Å². The fourth-order valence-corrected chi connectivity index (χ4v) is 2.71. The number of hydrogen-bond acceptors (Lipinski definition) is 5. The van der Waals surface area contributed by atoms with Crippen LogP contribution in [0, 0.1) is 11.3 Å². The van der Waals surface area contributed by atoms with E-state index in [0.717, 1.165) is 16.7 Å². The maximum atomic E-state index is 11.5. The molecule has 5 N–H and O–H groups in total. The molecule has 124 valence electrons. The summed E-state index contributed by atoms with van der Waals surface area (Å²) in [6.45, 7) is 0. The monoisotopic (exact) mass is 332 g/mol. The number of rotatable bonds is 4. The van der Waals surface area contributed by atoms with Crippen molar-refractivity contribution in [3.8, 4) is 17.2 Å². The molecule has 0 aliphatic carbocycles. The van der Waals surface area contributed by atoms with E-state index in [4.69, 9.17) is 5.84 Å². The van der Waals surface area contributed by atoms with Crippen LogP contribution in [0.15, 0.2) is 71.8 Å². The summed E-state index contributed by atoms with van der Waals surface area (Å²) in [5, 5.41) is 21.6. The molecule has 0 saturated heterocycles. The zero-order chi connectivity index (χ0) is 17.8. The van der Waals surface area contributed by atoms with Crippen LogP contribution in [0.2, 0.25) is 0 Å². The van der Waals surface area contributed by atoms with E-state index in [1.807, 2.05) is 60.7 Å². The van der Waals surface area contributed by atoms with Crippen LogP contribution < -0.4 is 16.6 Å². The molecule has 0 aromatic heterocycles. The quantitative estimate of drug-likeness (QED) is 0.503. The Hall–Kier alpha value is -3.40. The number of benzene rings is 2. The first-order valence-corrected chi connectivity index (χ1v) is 7.62. The average molecular weight is 332 g/mol. The largest absolute Gasteiger partial charge is 0.478 e. The highest BCUT2D eigenvalue weighted by Crippen LogP contribution is 2.26. The van der Waals surface area contributed by atoms with Crippen molar-refractivity contribution in [2.75, 3.05) is 0 Å². The minimum Gasteiger partial charge on any atom is -0.478 e. The van der Waals surface area contributed by atoms with Crippen LogP contribution in [0.25, 0.3) is 16.8 Å². The van der Waals surface area contributed by atoms with Gasteiger partial charge in [-0.2, -0.15) is 5.26 Å². The maximum Gasteiger partial charge on any atom is 0.336 e. The number of hydrogen-bond donors (Lipinski definition) is 4. The van der Waals surface area contributed by atoms with Gasteiger partial charge >= 0.3 is 5.97 Å². The molecule has 1 aliphatic rings. The second-order valence-corrected chi connectivity index (χ2v) is 5.49. The summed E-state index contributed by atoms with van der Waals surface area (Å²) < 4.78 is 0. The molecule has 0 amide bonds. The predicted octanol–water partition coefficient (Wildman–Crippen LogP) is 1.99. The molecule has 1 atom stereocenters. The summed E-state index contributed by atoms with van der Waals surface area (Å²) in [5.74, 6) is 4.28. The number of hydrazine groups is 1. The lowest BCUT2D eigenvalue weighted by Gasteiger charge is -2.25. The van der Waals surface area contributed by atoms with Crippen molar-refractivity contribution in [1.29, 1.82) is 5.26 Å². The molecule has 2 aromatic carbocycles. The molecule has 25 heavy (non-hydrogen) atoms. The van der Waals surface area contributed by atoms with Crippen LogP contribution >= 0.6 is 0 Å². The van der Waals surface area contributed by atoms with Gasteiger partial charge in [0, 0.05) is 5.70 Å². The van der Waals surface area contributed by atoms with Gasteiger partial charge in [-0.25, -0.2) is 10.2 Å². The van der Waals surface area contributed by atoms with E-state index in [2.05, 4.69) is 10.7 Å². The van der Waals surface area contributed by atoms with Crippen molar-refractivity contribution in [1.82, 2.24) is 10.7 Å². The van der Waals surface area contributed by atoms with E-state index in [1.54, 1.807) is 0 Å². The van der Waals surface area contributed by atoms with Gasteiger partial charge < -0.3 is 10.4 Å². The molecule has 6 heteroatoms. The van der Waals surface area contributed by atoms with Crippen LogP contribution in [0.1, 0.15) is 5.56 Å². The summed E-state index contributed by atoms with van der Waals surface area (Å²) in [6.07, 6.45) is 0.691. The van der Waals surface area contributed by atoms with Gasteiger partial charge in [0.05, 0.1) is 17.2 Å². The van der Waals surface area contributed by atoms with Gasteiger partial charge in [-0.1, -0.05) is 54.6 Å². The molecular weight excluding hydrogens is 316 g/mol. The second-order valence-electron chi connectivity index (χ2n) is 5.49. The molecule has 1 unspecified atom stereocenters. The number of nitriles is 1.